The minimum Gasteiger partial charge on any atom is -0.299 e. The van der Waals surface area contributed by atoms with E-state index in [0.717, 1.165) is 12.8 Å². The number of rotatable bonds is 4. The van der Waals surface area contributed by atoms with Crippen LogP contribution in [0.4, 0.5) is 0 Å². The van der Waals surface area contributed by atoms with Crippen molar-refractivity contribution in [2.45, 2.75) is 33.2 Å². The molecule has 4 nitrogen and oxygen atoms in total. The van der Waals surface area contributed by atoms with Gasteiger partial charge in [-0.2, -0.15) is 5.26 Å². The highest BCUT2D eigenvalue weighted by Crippen LogP contribution is 2.20. The molecule has 0 saturated heterocycles. The fraction of sp³-hybridized carbons (Fsp3) is 0.545. The number of nitrogens with zero attached hydrogens (tertiary/aromatic N) is 3. The first-order chi connectivity index (χ1) is 7.44. The summed E-state index contributed by atoms with van der Waals surface area (Å²) < 4.78 is 1.50. The molecule has 0 N–H and O–H groups in total. The van der Waals surface area contributed by atoms with Gasteiger partial charge in [0.25, 0.3) is 5.56 Å². The molecule has 1 rings (SSSR count). The molecule has 0 unspecified atom stereocenters. The van der Waals surface area contributed by atoms with Crippen LogP contribution in [0.1, 0.15) is 26.7 Å². The molecule has 0 aliphatic carbocycles. The molecule has 0 aromatic carbocycles. The van der Waals surface area contributed by atoms with Crippen molar-refractivity contribution < 1.29 is 0 Å². The number of aryl methyl sites for hydroxylation is 1. The fourth-order valence-corrected chi connectivity index (χ4v) is 1.46. The third-order valence-corrected chi connectivity index (χ3v) is 2.56. The monoisotopic (exact) mass is 239 g/mol. The molecule has 86 valence electrons. The van der Waals surface area contributed by atoms with Crippen molar-refractivity contribution in [2.24, 2.45) is 5.41 Å². The van der Waals surface area contributed by atoms with E-state index >= 15 is 0 Å². The average molecular weight is 240 g/mol. The van der Waals surface area contributed by atoms with Crippen molar-refractivity contribution >= 4 is 11.6 Å². The molecule has 5 heteroatoms. The highest BCUT2D eigenvalue weighted by Gasteiger charge is 2.15. The van der Waals surface area contributed by atoms with E-state index in [9.17, 15) is 4.79 Å². The Hall–Kier alpha value is -1.34. The number of aromatic nitrogens is 2. The van der Waals surface area contributed by atoms with E-state index in [1.165, 1.54) is 17.0 Å². The maximum Gasteiger partial charge on any atom is 0.254 e. The van der Waals surface area contributed by atoms with Crippen LogP contribution in [-0.2, 0) is 6.54 Å². The lowest BCUT2D eigenvalue weighted by molar-refractivity contribution is 0.412. The normalized spacial score (nSPS) is 11.1. The van der Waals surface area contributed by atoms with E-state index in [1.54, 1.807) is 0 Å². The van der Waals surface area contributed by atoms with Crippen LogP contribution < -0.4 is 5.56 Å². The molecule has 0 aliphatic heterocycles. The first-order valence-electron chi connectivity index (χ1n) is 5.08. The molecular weight excluding hydrogens is 226 g/mol. The quantitative estimate of drug-likeness (QED) is 0.757. The van der Waals surface area contributed by atoms with Gasteiger partial charge >= 0.3 is 0 Å². The van der Waals surface area contributed by atoms with E-state index < -0.39 is 0 Å². The van der Waals surface area contributed by atoms with Crippen LogP contribution in [0.2, 0.25) is 5.15 Å². The SMILES string of the molecule is CC(C)(C#N)CCCn1cnc(Cl)cc1=O. The van der Waals surface area contributed by atoms with Crippen LogP contribution in [0.5, 0.6) is 0 Å². The van der Waals surface area contributed by atoms with Gasteiger partial charge in [0, 0.05) is 12.6 Å². The second kappa shape index (κ2) is 5.13. The summed E-state index contributed by atoms with van der Waals surface area (Å²) in [4.78, 5) is 15.3. The first-order valence-corrected chi connectivity index (χ1v) is 5.46. The summed E-state index contributed by atoms with van der Waals surface area (Å²) in [5.41, 5.74) is -0.501. The van der Waals surface area contributed by atoms with E-state index in [-0.39, 0.29) is 16.1 Å². The molecule has 0 amide bonds. The number of halogens is 1. The van der Waals surface area contributed by atoms with E-state index in [4.69, 9.17) is 16.9 Å². The van der Waals surface area contributed by atoms with Gasteiger partial charge in [-0.3, -0.25) is 9.36 Å². The van der Waals surface area contributed by atoms with Gasteiger partial charge in [0.05, 0.1) is 17.8 Å². The first kappa shape index (κ1) is 12.7. The average Bonchev–Trinajstić information content (AvgIpc) is 2.21. The van der Waals surface area contributed by atoms with Gasteiger partial charge in [-0.15, -0.1) is 0 Å². The molecule has 1 aromatic rings. The third kappa shape index (κ3) is 3.67. The second-order valence-corrected chi connectivity index (χ2v) is 4.73. The van der Waals surface area contributed by atoms with Gasteiger partial charge in [-0.25, -0.2) is 4.98 Å². The Kier molecular flexibility index (Phi) is 4.08. The summed E-state index contributed by atoms with van der Waals surface area (Å²) in [7, 11) is 0. The van der Waals surface area contributed by atoms with Gasteiger partial charge in [-0.1, -0.05) is 11.6 Å². The Bertz CT molecular complexity index is 459. The zero-order valence-electron chi connectivity index (χ0n) is 9.40. The van der Waals surface area contributed by atoms with Gasteiger partial charge in [-0.05, 0) is 26.7 Å². The van der Waals surface area contributed by atoms with Crippen LogP contribution in [-0.4, -0.2) is 9.55 Å². The van der Waals surface area contributed by atoms with Gasteiger partial charge < -0.3 is 0 Å². The van der Waals surface area contributed by atoms with Crippen LogP contribution in [0, 0.1) is 16.7 Å². The second-order valence-electron chi connectivity index (χ2n) is 4.34. The van der Waals surface area contributed by atoms with Crippen molar-refractivity contribution in [3.8, 4) is 6.07 Å². The number of hydrogen-bond donors (Lipinski definition) is 0. The molecule has 1 aromatic heterocycles. The summed E-state index contributed by atoms with van der Waals surface area (Å²) >= 11 is 5.58. The van der Waals surface area contributed by atoms with E-state index in [1.807, 2.05) is 13.8 Å². The third-order valence-electron chi connectivity index (χ3n) is 2.35. The number of hydrogen-bond acceptors (Lipinski definition) is 3. The van der Waals surface area contributed by atoms with Gasteiger partial charge in [0.1, 0.15) is 5.15 Å². The number of nitriles is 1. The predicted molar refractivity (Wildman–Crippen MR) is 62.1 cm³/mol. The largest absolute Gasteiger partial charge is 0.299 e. The summed E-state index contributed by atoms with van der Waals surface area (Å²) in [6, 6.07) is 3.52. The summed E-state index contributed by atoms with van der Waals surface area (Å²) in [6.45, 7) is 4.33. The topological polar surface area (TPSA) is 58.7 Å². The molecule has 0 atom stereocenters. The smallest absolute Gasteiger partial charge is 0.254 e. The molecule has 0 fully saturated rings. The van der Waals surface area contributed by atoms with Crippen molar-refractivity contribution in [1.29, 1.82) is 5.26 Å². The predicted octanol–water partition coefficient (Wildman–Crippen LogP) is 2.23. The molecular formula is C11H14ClN3O. The van der Waals surface area contributed by atoms with Crippen molar-refractivity contribution in [2.75, 3.05) is 0 Å². The van der Waals surface area contributed by atoms with Crippen molar-refractivity contribution in [3.63, 3.8) is 0 Å². The summed E-state index contributed by atoms with van der Waals surface area (Å²) in [6.07, 6.45) is 2.95. The van der Waals surface area contributed by atoms with Gasteiger partial charge in [0.2, 0.25) is 0 Å². The summed E-state index contributed by atoms with van der Waals surface area (Å²) in [5, 5.41) is 9.04. The Morgan fingerprint density at radius 3 is 2.88 bits per heavy atom. The van der Waals surface area contributed by atoms with Crippen molar-refractivity contribution in [3.05, 3.63) is 27.9 Å². The zero-order chi connectivity index (χ0) is 12.2. The Morgan fingerprint density at radius 1 is 1.62 bits per heavy atom. The van der Waals surface area contributed by atoms with Crippen LogP contribution in [0.15, 0.2) is 17.2 Å². The lowest BCUT2D eigenvalue weighted by Crippen LogP contribution is -2.20. The van der Waals surface area contributed by atoms with Crippen molar-refractivity contribution in [1.82, 2.24) is 9.55 Å². The molecule has 1 heterocycles. The highest BCUT2D eigenvalue weighted by atomic mass is 35.5. The molecule has 0 saturated carbocycles. The molecule has 0 aliphatic rings. The van der Waals surface area contributed by atoms with E-state index in [2.05, 4.69) is 11.1 Å². The zero-order valence-corrected chi connectivity index (χ0v) is 10.2. The van der Waals surface area contributed by atoms with Crippen LogP contribution in [0.25, 0.3) is 0 Å². The fourth-order valence-electron chi connectivity index (χ4n) is 1.32. The minimum absolute atomic E-state index is 0.158. The Balaban J connectivity index is 2.57. The lowest BCUT2D eigenvalue weighted by atomic mass is 9.90. The van der Waals surface area contributed by atoms with E-state index in [0.29, 0.717) is 6.54 Å². The van der Waals surface area contributed by atoms with Gasteiger partial charge in [0.15, 0.2) is 0 Å². The maximum atomic E-state index is 11.4. The minimum atomic E-state index is -0.344. The van der Waals surface area contributed by atoms with Crippen LogP contribution >= 0.6 is 11.6 Å². The Morgan fingerprint density at radius 2 is 2.31 bits per heavy atom. The maximum absolute atomic E-state index is 11.4. The Labute approximate surface area is 99.5 Å². The van der Waals surface area contributed by atoms with Crippen LogP contribution in [0.3, 0.4) is 0 Å². The highest BCUT2D eigenvalue weighted by molar-refractivity contribution is 6.29. The molecule has 16 heavy (non-hydrogen) atoms. The molecule has 0 spiro atoms. The lowest BCUT2D eigenvalue weighted by Gasteiger charge is -2.14. The molecule has 0 bridgehead atoms. The summed E-state index contributed by atoms with van der Waals surface area (Å²) in [5.74, 6) is 0. The standard InChI is InChI=1S/C11H14ClN3O/c1-11(2,7-13)4-3-5-15-8-14-9(12)6-10(15)16/h6,8H,3-5H2,1-2H3. The molecule has 0 radical (unpaired) electrons.